The molecule has 0 aromatic carbocycles. The Hall–Kier alpha value is -0.420. The smallest absolute Gasteiger partial charge is 0.231 e. The molecular weight excluding hydrogens is 198 g/mol. The van der Waals surface area contributed by atoms with Gasteiger partial charge < -0.3 is 0 Å². The van der Waals surface area contributed by atoms with Gasteiger partial charge in [-0.15, -0.1) is 0 Å². The zero-order valence-electron chi connectivity index (χ0n) is 6.67. The van der Waals surface area contributed by atoms with Gasteiger partial charge in [0.1, 0.15) is 0 Å². The fraction of sp³-hybridized carbons (Fsp3) is 0.857. The monoisotopic (exact) mass is 207 g/mol. The van der Waals surface area contributed by atoms with Crippen molar-refractivity contribution in [3.63, 3.8) is 0 Å². The lowest BCUT2D eigenvalue weighted by Crippen LogP contribution is -2.41. The third kappa shape index (κ3) is 3.87. The van der Waals surface area contributed by atoms with E-state index >= 15 is 0 Å². The quantitative estimate of drug-likeness (QED) is 0.618. The lowest BCUT2D eigenvalue weighted by Gasteiger charge is -2.22. The molecule has 0 aliphatic heterocycles. The molecule has 0 spiro atoms. The van der Waals surface area contributed by atoms with Crippen molar-refractivity contribution in [1.29, 1.82) is 0 Å². The maximum absolute atomic E-state index is 12.4. The van der Waals surface area contributed by atoms with Crippen molar-refractivity contribution < 1.29 is 26.3 Å². The van der Waals surface area contributed by atoms with Crippen molar-refractivity contribution in [2.75, 3.05) is 0 Å². The molecular formula is C7H9F6. The van der Waals surface area contributed by atoms with Crippen LogP contribution in [0.5, 0.6) is 0 Å². The number of unbranched alkanes of at least 4 members (excludes halogenated alkanes) is 1. The first-order valence-electron chi connectivity index (χ1n) is 3.59. The Labute approximate surface area is 71.9 Å². The van der Waals surface area contributed by atoms with E-state index in [0.717, 1.165) is 0 Å². The van der Waals surface area contributed by atoms with E-state index in [9.17, 15) is 26.3 Å². The predicted molar refractivity (Wildman–Crippen MR) is 35.1 cm³/mol. The van der Waals surface area contributed by atoms with Gasteiger partial charge in [0, 0.05) is 6.42 Å². The summed E-state index contributed by atoms with van der Waals surface area (Å²) in [6.07, 6.45) is -10.9. The molecule has 0 aliphatic carbocycles. The molecule has 0 bridgehead atoms. The van der Waals surface area contributed by atoms with Gasteiger partial charge in [0.25, 0.3) is 12.1 Å². The van der Waals surface area contributed by atoms with Crippen molar-refractivity contribution in [3.05, 3.63) is 6.92 Å². The molecule has 0 aromatic heterocycles. The van der Waals surface area contributed by atoms with Gasteiger partial charge in [0.15, 0.2) is 0 Å². The minimum absolute atomic E-state index is 0.0557. The Kier molecular flexibility index (Phi) is 4.06. The second-order valence-electron chi connectivity index (χ2n) is 2.62. The summed E-state index contributed by atoms with van der Waals surface area (Å²) in [4.78, 5) is 0. The first kappa shape index (κ1) is 12.6. The Bertz CT molecular complexity index is 150. The van der Waals surface area contributed by atoms with Crippen LogP contribution < -0.4 is 0 Å². The maximum atomic E-state index is 12.4. The van der Waals surface area contributed by atoms with Crippen LogP contribution in [-0.2, 0) is 0 Å². The normalized spacial score (nSPS) is 15.9. The fourth-order valence-electron chi connectivity index (χ4n) is 0.727. The number of rotatable bonds is 4. The summed E-state index contributed by atoms with van der Waals surface area (Å²) in [6, 6.07) is 0. The Morgan fingerprint density at radius 1 is 1.08 bits per heavy atom. The molecule has 0 saturated heterocycles. The standard InChI is InChI=1S/C7H9F6/c1-2-3-4-6(9,10)5(8)7(11,12)13/h5H,1-4H2/t5-/m0/s1. The summed E-state index contributed by atoms with van der Waals surface area (Å²) in [5.41, 5.74) is 0. The van der Waals surface area contributed by atoms with Crippen LogP contribution in [0.2, 0.25) is 0 Å². The van der Waals surface area contributed by atoms with E-state index in [0.29, 0.717) is 0 Å². The molecule has 0 heterocycles. The average molecular weight is 207 g/mol. The Morgan fingerprint density at radius 3 is 1.85 bits per heavy atom. The minimum atomic E-state index is -5.50. The van der Waals surface area contributed by atoms with Gasteiger partial charge in [-0.25, -0.2) is 13.2 Å². The number of hydrogen-bond acceptors (Lipinski definition) is 0. The molecule has 79 valence electrons. The van der Waals surface area contributed by atoms with Crippen LogP contribution in [-0.4, -0.2) is 18.3 Å². The highest BCUT2D eigenvalue weighted by molar-refractivity contribution is 4.82. The van der Waals surface area contributed by atoms with E-state index in [2.05, 4.69) is 6.92 Å². The van der Waals surface area contributed by atoms with Gasteiger partial charge in [-0.05, 0) is 6.42 Å². The first-order chi connectivity index (χ1) is 5.72. The van der Waals surface area contributed by atoms with Crippen LogP contribution in [0.1, 0.15) is 19.3 Å². The summed E-state index contributed by atoms with van der Waals surface area (Å²) < 4.78 is 71.4. The van der Waals surface area contributed by atoms with Crippen LogP contribution in [0.15, 0.2) is 0 Å². The lowest BCUT2D eigenvalue weighted by molar-refractivity contribution is -0.245. The summed E-state index contributed by atoms with van der Waals surface area (Å²) in [5, 5.41) is 0. The zero-order chi connectivity index (χ0) is 10.7. The van der Waals surface area contributed by atoms with Crippen LogP contribution in [0.3, 0.4) is 0 Å². The largest absolute Gasteiger partial charge is 0.425 e. The van der Waals surface area contributed by atoms with Gasteiger partial charge in [0.2, 0.25) is 0 Å². The summed E-state index contributed by atoms with van der Waals surface area (Å²) >= 11 is 0. The molecule has 0 N–H and O–H groups in total. The number of halogens is 6. The second kappa shape index (κ2) is 4.19. The van der Waals surface area contributed by atoms with Crippen molar-refractivity contribution in [2.45, 2.75) is 37.5 Å². The maximum Gasteiger partial charge on any atom is 0.425 e. The van der Waals surface area contributed by atoms with E-state index in [1.165, 1.54) is 0 Å². The topological polar surface area (TPSA) is 0 Å². The van der Waals surface area contributed by atoms with Gasteiger partial charge in [-0.3, -0.25) is 0 Å². The first-order valence-corrected chi connectivity index (χ1v) is 3.59. The summed E-state index contributed by atoms with van der Waals surface area (Å²) in [7, 11) is 0. The third-order valence-corrected chi connectivity index (χ3v) is 1.42. The highest BCUT2D eigenvalue weighted by atomic mass is 19.4. The highest BCUT2D eigenvalue weighted by Gasteiger charge is 2.55. The van der Waals surface area contributed by atoms with E-state index < -0.39 is 24.7 Å². The van der Waals surface area contributed by atoms with Crippen LogP contribution in [0, 0.1) is 6.92 Å². The van der Waals surface area contributed by atoms with E-state index in [1.807, 2.05) is 0 Å². The van der Waals surface area contributed by atoms with Crippen LogP contribution in [0.4, 0.5) is 26.3 Å². The molecule has 0 aromatic rings. The van der Waals surface area contributed by atoms with E-state index in [4.69, 9.17) is 0 Å². The third-order valence-electron chi connectivity index (χ3n) is 1.42. The molecule has 1 atom stereocenters. The highest BCUT2D eigenvalue weighted by Crippen LogP contribution is 2.37. The molecule has 0 rings (SSSR count). The second-order valence-corrected chi connectivity index (χ2v) is 2.62. The van der Waals surface area contributed by atoms with Crippen molar-refractivity contribution in [1.82, 2.24) is 0 Å². The molecule has 0 aliphatic rings. The molecule has 0 fully saturated rings. The van der Waals surface area contributed by atoms with Gasteiger partial charge in [0.05, 0.1) is 0 Å². The van der Waals surface area contributed by atoms with E-state index in [1.54, 1.807) is 0 Å². The van der Waals surface area contributed by atoms with Crippen molar-refractivity contribution >= 4 is 0 Å². The molecule has 0 saturated carbocycles. The fourth-order valence-corrected chi connectivity index (χ4v) is 0.727. The zero-order valence-corrected chi connectivity index (χ0v) is 6.67. The van der Waals surface area contributed by atoms with Gasteiger partial charge in [-0.1, -0.05) is 13.3 Å². The minimum Gasteiger partial charge on any atom is -0.231 e. The van der Waals surface area contributed by atoms with Crippen molar-refractivity contribution in [3.8, 4) is 0 Å². The van der Waals surface area contributed by atoms with Crippen LogP contribution >= 0.6 is 0 Å². The van der Waals surface area contributed by atoms with Gasteiger partial charge in [-0.2, -0.15) is 13.2 Å². The summed E-state index contributed by atoms with van der Waals surface area (Å²) in [6.45, 7) is 3.17. The molecule has 0 amide bonds. The Balaban J connectivity index is 4.27. The lowest BCUT2D eigenvalue weighted by atomic mass is 10.1. The van der Waals surface area contributed by atoms with Crippen LogP contribution in [0.25, 0.3) is 0 Å². The Morgan fingerprint density at radius 2 is 1.54 bits per heavy atom. The molecule has 13 heavy (non-hydrogen) atoms. The van der Waals surface area contributed by atoms with E-state index in [-0.39, 0.29) is 12.8 Å². The number of hydrogen-bond donors (Lipinski definition) is 0. The number of alkyl halides is 6. The predicted octanol–water partition coefficient (Wildman–Crippen LogP) is 3.53. The molecule has 0 unspecified atom stereocenters. The van der Waals surface area contributed by atoms with Crippen molar-refractivity contribution in [2.24, 2.45) is 0 Å². The molecule has 6 heteroatoms. The average Bonchev–Trinajstić information content (AvgIpc) is 1.98. The van der Waals surface area contributed by atoms with Gasteiger partial charge >= 0.3 is 6.18 Å². The summed E-state index contributed by atoms with van der Waals surface area (Å²) in [5.74, 6) is -4.34. The molecule has 0 nitrogen and oxygen atoms in total. The SMILES string of the molecule is [CH2]CCCC(F)(F)[C@H](F)C(F)(F)F. The molecule has 1 radical (unpaired) electrons.